The minimum atomic E-state index is -3.87. The predicted molar refractivity (Wildman–Crippen MR) is 343 cm³/mol. The van der Waals surface area contributed by atoms with Crippen LogP contribution in [0.1, 0.15) is 202 Å². The van der Waals surface area contributed by atoms with E-state index in [-0.39, 0.29) is 11.4 Å². The second-order valence-electron chi connectivity index (χ2n) is 23.0. The van der Waals surface area contributed by atoms with Crippen LogP contribution in [0.3, 0.4) is 0 Å². The summed E-state index contributed by atoms with van der Waals surface area (Å²) in [7, 11) is -3.87. The Hall–Kier alpha value is -3.90. The van der Waals surface area contributed by atoms with Crippen LogP contribution in [-0.4, -0.2) is 57.8 Å². The van der Waals surface area contributed by atoms with Gasteiger partial charge < -0.3 is 37.7 Å². The quantitative estimate of drug-likeness (QED) is 0.0169. The van der Waals surface area contributed by atoms with Crippen molar-refractivity contribution in [3.63, 3.8) is 0 Å². The first-order valence-electron chi connectivity index (χ1n) is 32.2. The minimum absolute atomic E-state index is 0.00858. The molecule has 2 N–H and O–H groups in total. The SMILES string of the molecule is CCCCCCCCCCCCCCC(CCCCCC/C=C\CCCCCCCCP(=O)(O)O)SOC1[C@@H](OCc2ccccc2)[C@H](OCc2ccccc2)C(OCc2ccccc2)[C@H](OCc2ccccc2)[C@@H]1OCc1ccccc1. The van der Waals surface area contributed by atoms with Crippen molar-refractivity contribution in [2.45, 2.75) is 249 Å². The molecule has 0 aliphatic heterocycles. The topological polar surface area (TPSA) is 113 Å². The molecule has 5 aromatic carbocycles. The number of rotatable bonds is 47. The molecule has 0 saturated heterocycles. The Balaban J connectivity index is 1.21. The largest absolute Gasteiger partial charge is 0.368 e. The molecule has 1 fully saturated rings. The molecule has 1 aliphatic rings. The molecule has 0 amide bonds. The van der Waals surface area contributed by atoms with Crippen LogP contribution in [0.2, 0.25) is 0 Å². The van der Waals surface area contributed by atoms with Gasteiger partial charge in [-0.2, -0.15) is 0 Å². The van der Waals surface area contributed by atoms with Gasteiger partial charge in [-0.05, 0) is 84.8 Å². The molecule has 5 aromatic rings. The van der Waals surface area contributed by atoms with Gasteiger partial charge in [-0.1, -0.05) is 293 Å². The molecule has 9 nitrogen and oxygen atoms in total. The van der Waals surface area contributed by atoms with E-state index in [1.807, 2.05) is 30.3 Å². The normalized spacial score (nSPS) is 18.7. The van der Waals surface area contributed by atoms with Crippen molar-refractivity contribution in [2.75, 3.05) is 6.16 Å². The summed E-state index contributed by atoms with van der Waals surface area (Å²) in [4.78, 5) is 18.2. The lowest BCUT2D eigenvalue weighted by Crippen LogP contribution is -2.67. The summed E-state index contributed by atoms with van der Waals surface area (Å²) in [6.45, 7) is 4.07. The molecule has 456 valence electrons. The lowest BCUT2D eigenvalue weighted by molar-refractivity contribution is -0.277. The highest BCUT2D eigenvalue weighted by molar-refractivity contribution is 7.95. The summed E-state index contributed by atoms with van der Waals surface area (Å²) >= 11 is 1.64. The van der Waals surface area contributed by atoms with Crippen LogP contribution in [0.4, 0.5) is 0 Å². The molecule has 0 radical (unpaired) electrons. The third-order valence-electron chi connectivity index (χ3n) is 15.9. The monoisotopic (exact) mass is 1170 g/mol. The first kappa shape index (κ1) is 68.2. The third kappa shape index (κ3) is 29.4. The highest BCUT2D eigenvalue weighted by Crippen LogP contribution is 2.40. The number of allylic oxidation sites excluding steroid dienone is 2. The summed E-state index contributed by atoms with van der Waals surface area (Å²) < 4.78 is 54.7. The highest BCUT2D eigenvalue weighted by atomic mass is 32.2. The summed E-state index contributed by atoms with van der Waals surface area (Å²) in [5, 5.41) is 0.285. The van der Waals surface area contributed by atoms with Crippen molar-refractivity contribution >= 4 is 19.6 Å². The average molecular weight is 1180 g/mol. The van der Waals surface area contributed by atoms with Crippen LogP contribution >= 0.6 is 19.6 Å². The van der Waals surface area contributed by atoms with E-state index in [2.05, 4.69) is 140 Å². The molecular weight excluding hydrogens is 1070 g/mol. The van der Waals surface area contributed by atoms with E-state index < -0.39 is 44.2 Å². The van der Waals surface area contributed by atoms with E-state index in [1.165, 1.54) is 109 Å². The third-order valence-corrected chi connectivity index (χ3v) is 17.9. The molecule has 0 bridgehead atoms. The second-order valence-corrected chi connectivity index (χ2v) is 25.9. The van der Waals surface area contributed by atoms with Crippen LogP contribution in [-0.2, 0) is 65.5 Å². The first-order valence-corrected chi connectivity index (χ1v) is 34.8. The number of ether oxygens (including phenoxy) is 5. The van der Waals surface area contributed by atoms with Gasteiger partial charge in [0.15, 0.2) is 0 Å². The van der Waals surface area contributed by atoms with Gasteiger partial charge in [0.1, 0.15) is 36.6 Å². The molecule has 83 heavy (non-hydrogen) atoms. The summed E-state index contributed by atoms with van der Waals surface area (Å²) in [6.07, 6.45) is 32.1. The highest BCUT2D eigenvalue weighted by Gasteiger charge is 2.55. The molecule has 3 unspecified atom stereocenters. The molecular formula is C72H103O9PS. The van der Waals surface area contributed by atoms with E-state index in [9.17, 15) is 4.57 Å². The van der Waals surface area contributed by atoms with Gasteiger partial charge in [0, 0.05) is 11.4 Å². The fourth-order valence-electron chi connectivity index (χ4n) is 11.1. The van der Waals surface area contributed by atoms with E-state index in [0.717, 1.165) is 79.2 Å². The summed E-state index contributed by atoms with van der Waals surface area (Å²) in [5.41, 5.74) is 5.31. The molecule has 0 heterocycles. The Labute approximate surface area is 505 Å². The average Bonchev–Trinajstić information content (AvgIpc) is 3.55. The first-order chi connectivity index (χ1) is 40.9. The van der Waals surface area contributed by atoms with Crippen molar-refractivity contribution in [3.8, 4) is 0 Å². The Morgan fingerprint density at radius 2 is 0.639 bits per heavy atom. The van der Waals surface area contributed by atoms with Crippen LogP contribution in [0.5, 0.6) is 0 Å². The molecule has 0 spiro atoms. The van der Waals surface area contributed by atoms with Gasteiger partial charge in [-0.3, -0.25) is 4.57 Å². The number of unbranched alkanes of at least 4 members (excludes halogenated alkanes) is 21. The van der Waals surface area contributed by atoms with Gasteiger partial charge in [0.25, 0.3) is 0 Å². The van der Waals surface area contributed by atoms with Crippen molar-refractivity contribution in [2.24, 2.45) is 0 Å². The summed E-state index contributed by atoms with van der Waals surface area (Å²) in [6, 6.07) is 51.8. The Morgan fingerprint density at radius 3 is 0.940 bits per heavy atom. The Morgan fingerprint density at radius 1 is 0.373 bits per heavy atom. The fourth-order valence-corrected chi connectivity index (χ4v) is 12.8. The van der Waals surface area contributed by atoms with E-state index in [0.29, 0.717) is 39.5 Å². The van der Waals surface area contributed by atoms with Gasteiger partial charge in [0.05, 0.1) is 33.0 Å². The maximum Gasteiger partial charge on any atom is 0.325 e. The molecule has 6 rings (SSSR count). The zero-order chi connectivity index (χ0) is 58.1. The van der Waals surface area contributed by atoms with E-state index in [4.69, 9.17) is 37.7 Å². The number of hydrogen-bond acceptors (Lipinski definition) is 8. The van der Waals surface area contributed by atoms with Crippen molar-refractivity contribution in [1.82, 2.24) is 0 Å². The van der Waals surface area contributed by atoms with Gasteiger partial charge in [0.2, 0.25) is 0 Å². The molecule has 1 saturated carbocycles. The van der Waals surface area contributed by atoms with E-state index >= 15 is 0 Å². The van der Waals surface area contributed by atoms with Gasteiger partial charge in [-0.15, -0.1) is 0 Å². The smallest absolute Gasteiger partial charge is 0.325 e. The zero-order valence-corrected chi connectivity index (χ0v) is 52.1. The minimum Gasteiger partial charge on any atom is -0.368 e. The second kappa shape index (κ2) is 42.8. The lowest BCUT2D eigenvalue weighted by atomic mass is 9.83. The molecule has 7 atom stereocenters. The Kier molecular flexibility index (Phi) is 35.2. The van der Waals surface area contributed by atoms with Crippen molar-refractivity contribution in [1.29, 1.82) is 0 Å². The van der Waals surface area contributed by atoms with Crippen LogP contribution < -0.4 is 0 Å². The zero-order valence-electron chi connectivity index (χ0n) is 50.4. The van der Waals surface area contributed by atoms with Crippen molar-refractivity contribution in [3.05, 3.63) is 192 Å². The molecule has 11 heteroatoms. The van der Waals surface area contributed by atoms with Gasteiger partial charge >= 0.3 is 7.60 Å². The number of hydrogen-bond donors (Lipinski definition) is 2. The molecule has 0 aromatic heterocycles. The van der Waals surface area contributed by atoms with Crippen molar-refractivity contribution < 1.29 is 42.2 Å². The lowest BCUT2D eigenvalue weighted by Gasteiger charge is -2.49. The summed E-state index contributed by atoms with van der Waals surface area (Å²) in [5.74, 6) is 0. The fraction of sp³-hybridized carbons (Fsp3) is 0.556. The van der Waals surface area contributed by atoms with Crippen LogP contribution in [0.15, 0.2) is 164 Å². The molecule has 1 aliphatic carbocycles. The van der Waals surface area contributed by atoms with Crippen LogP contribution in [0, 0.1) is 0 Å². The van der Waals surface area contributed by atoms with E-state index in [1.54, 1.807) is 12.0 Å². The van der Waals surface area contributed by atoms with Gasteiger partial charge in [-0.25, -0.2) is 0 Å². The standard InChI is InChI=1S/C72H103O9PS/c1-2-3-4-5-6-7-8-13-16-19-22-40-53-66(54-41-23-20-17-14-11-9-10-12-15-18-21-24-42-55-82(73,74)75)83-81-72-70(79-59-64-49-36-28-37-50-64)68(77-57-62-45-32-26-33-46-62)67(76-56-61-43-30-25-31-44-61)69(78-58-63-47-34-27-35-48-63)71(72)80-60-65-51-38-29-39-52-65/h9,11,25-39,43-52,66-72H,2-8,10,12-24,40-42,53-60H2,1H3,(H2,73,74,75)/b11-9-/t66?,67?,68-,69+,70-,71-,72?/m0/s1. The number of benzene rings is 5. The maximum atomic E-state index is 11.1. The maximum absolute atomic E-state index is 11.1. The predicted octanol–water partition coefficient (Wildman–Crippen LogP) is 19.2. The Bertz CT molecular complexity index is 2300. The van der Waals surface area contributed by atoms with Crippen LogP contribution in [0.25, 0.3) is 0 Å².